The lowest BCUT2D eigenvalue weighted by atomic mass is 10.1. The number of nitrogens with zero attached hydrogens (tertiary/aromatic N) is 1. The van der Waals surface area contributed by atoms with Gasteiger partial charge in [-0.2, -0.15) is 0 Å². The molecule has 0 unspecified atom stereocenters. The number of carbonyl (C=O) groups excluding carboxylic acids is 1. The lowest BCUT2D eigenvalue weighted by molar-refractivity contribution is -0.115. The van der Waals surface area contributed by atoms with E-state index in [0.717, 1.165) is 50.7 Å². The van der Waals surface area contributed by atoms with Crippen molar-refractivity contribution in [2.45, 2.75) is 20.5 Å². The van der Waals surface area contributed by atoms with Crippen LogP contribution >= 0.6 is 82.1 Å². The third kappa shape index (κ3) is 6.34. The Bertz CT molecular complexity index is 1290. The highest BCUT2D eigenvalue weighted by Gasteiger charge is 2.24. The summed E-state index contributed by atoms with van der Waals surface area (Å²) >= 11 is 14.2. The number of thioether (sulfide) groups is 1. The fraction of sp³-hybridized carbons (Fsp3) is 0.120. The van der Waals surface area contributed by atoms with Gasteiger partial charge in [-0.3, -0.25) is 4.79 Å². The van der Waals surface area contributed by atoms with Crippen molar-refractivity contribution in [3.05, 3.63) is 92.7 Å². The maximum atomic E-state index is 12.6. The van der Waals surface area contributed by atoms with Crippen LogP contribution < -0.4 is 10.1 Å². The molecule has 0 radical (unpaired) electrons. The molecule has 0 spiro atoms. The average molecular weight is 777 g/mol. The van der Waals surface area contributed by atoms with Gasteiger partial charge in [0, 0.05) is 8.95 Å². The number of hydrogen-bond acceptors (Lipinski definition) is 4. The van der Waals surface area contributed by atoms with Crippen LogP contribution in [-0.2, 0) is 11.4 Å². The molecule has 174 valence electrons. The molecule has 4 nitrogen and oxygen atoms in total. The van der Waals surface area contributed by atoms with Gasteiger partial charge < -0.3 is 10.1 Å². The number of amidine groups is 1. The lowest BCUT2D eigenvalue weighted by Gasteiger charge is -2.12. The number of benzene rings is 3. The number of nitrogens with one attached hydrogen (secondary N) is 1. The summed E-state index contributed by atoms with van der Waals surface area (Å²) in [5, 5.41) is 3.43. The Balaban J connectivity index is 1.51. The highest BCUT2D eigenvalue weighted by Crippen LogP contribution is 2.35. The first kappa shape index (κ1) is 25.9. The first-order valence-electron chi connectivity index (χ1n) is 10.1. The number of hydrogen-bond donors (Lipinski definition) is 1. The number of carbonyl (C=O) groups is 1. The standard InChI is InChI=1S/C25H18Br3IN2O2S/c1-13-7-18(8-14(2)22(13)28)30-25-31-24(32)21(34-25)11-16-9-19(27)23(20(29)10-16)33-12-15-3-5-17(26)6-4-15/h3-11H,12H2,1-2H3,(H,30,31,32)/b21-11-. The Kier molecular flexibility index (Phi) is 8.61. The molecule has 0 aliphatic carbocycles. The minimum atomic E-state index is -0.156. The van der Waals surface area contributed by atoms with Gasteiger partial charge in [0.15, 0.2) is 5.17 Å². The molecule has 4 rings (SSSR count). The monoisotopic (exact) mass is 774 g/mol. The summed E-state index contributed by atoms with van der Waals surface area (Å²) in [6.45, 7) is 4.52. The number of amides is 1. The molecule has 1 aliphatic heterocycles. The van der Waals surface area contributed by atoms with Crippen LogP contribution in [0.2, 0.25) is 0 Å². The van der Waals surface area contributed by atoms with Crippen molar-refractivity contribution < 1.29 is 9.53 Å². The highest BCUT2D eigenvalue weighted by molar-refractivity contribution is 14.1. The number of aryl methyl sites for hydroxylation is 2. The third-order valence-electron chi connectivity index (χ3n) is 4.92. The summed E-state index contributed by atoms with van der Waals surface area (Å²) in [6, 6.07) is 16.0. The van der Waals surface area contributed by atoms with Gasteiger partial charge in [0.25, 0.3) is 5.91 Å². The van der Waals surface area contributed by atoms with E-state index >= 15 is 0 Å². The van der Waals surface area contributed by atoms with Crippen LogP contribution in [0, 0.1) is 17.4 Å². The van der Waals surface area contributed by atoms with Crippen LogP contribution in [0.25, 0.3) is 6.08 Å². The zero-order chi connectivity index (χ0) is 24.4. The van der Waals surface area contributed by atoms with E-state index in [1.54, 1.807) is 0 Å². The normalized spacial score (nSPS) is 15.8. The van der Waals surface area contributed by atoms with Gasteiger partial charge in [-0.1, -0.05) is 44.0 Å². The molecule has 3 aromatic carbocycles. The van der Waals surface area contributed by atoms with E-state index in [2.05, 4.69) is 80.7 Å². The molecular formula is C25H18Br3IN2O2S. The summed E-state index contributed by atoms with van der Waals surface area (Å²) in [7, 11) is 0. The van der Waals surface area contributed by atoms with E-state index in [0.29, 0.717) is 16.7 Å². The number of halogens is 4. The van der Waals surface area contributed by atoms with Gasteiger partial charge in [-0.15, -0.1) is 0 Å². The van der Waals surface area contributed by atoms with E-state index < -0.39 is 0 Å². The first-order valence-corrected chi connectivity index (χ1v) is 14.4. The number of rotatable bonds is 5. The molecule has 3 aromatic rings. The smallest absolute Gasteiger partial charge is 0.264 e. The van der Waals surface area contributed by atoms with E-state index in [9.17, 15) is 4.79 Å². The van der Waals surface area contributed by atoms with Gasteiger partial charge in [0.1, 0.15) is 12.4 Å². The maximum absolute atomic E-state index is 12.6. The van der Waals surface area contributed by atoms with Gasteiger partial charge in [0.05, 0.1) is 18.6 Å². The summed E-state index contributed by atoms with van der Waals surface area (Å²) in [5.74, 6) is 0.619. The zero-order valence-electron chi connectivity index (χ0n) is 18.1. The fourth-order valence-corrected chi connectivity index (χ4v) is 6.38. The topological polar surface area (TPSA) is 50.7 Å². The van der Waals surface area contributed by atoms with Crippen LogP contribution in [0.15, 0.2) is 71.8 Å². The van der Waals surface area contributed by atoms with Crippen LogP contribution in [0.4, 0.5) is 5.69 Å². The molecule has 1 N–H and O–H groups in total. The molecule has 0 saturated carbocycles. The van der Waals surface area contributed by atoms with Crippen molar-refractivity contribution in [1.29, 1.82) is 0 Å². The summed E-state index contributed by atoms with van der Waals surface area (Å²) < 4.78 is 9.95. The molecule has 1 fully saturated rings. The van der Waals surface area contributed by atoms with Crippen LogP contribution in [0.1, 0.15) is 22.3 Å². The first-order chi connectivity index (χ1) is 16.2. The lowest BCUT2D eigenvalue weighted by Crippen LogP contribution is -2.19. The third-order valence-corrected chi connectivity index (χ3v) is 9.00. The van der Waals surface area contributed by atoms with E-state index in [1.165, 1.54) is 11.8 Å². The molecule has 1 amide bonds. The minimum absolute atomic E-state index is 0.156. The van der Waals surface area contributed by atoms with Crippen molar-refractivity contribution in [2.75, 3.05) is 0 Å². The van der Waals surface area contributed by atoms with Crippen LogP contribution in [0.5, 0.6) is 5.75 Å². The van der Waals surface area contributed by atoms with E-state index in [-0.39, 0.29) is 5.91 Å². The molecule has 34 heavy (non-hydrogen) atoms. The Morgan fingerprint density at radius 3 is 2.38 bits per heavy atom. The summed E-state index contributed by atoms with van der Waals surface area (Å²) in [6.07, 6.45) is 1.87. The highest BCUT2D eigenvalue weighted by atomic mass is 127. The second kappa shape index (κ2) is 11.3. The van der Waals surface area contributed by atoms with Crippen molar-refractivity contribution in [2.24, 2.45) is 4.99 Å². The van der Waals surface area contributed by atoms with Crippen LogP contribution in [-0.4, -0.2) is 11.1 Å². The minimum Gasteiger partial charge on any atom is -0.487 e. The van der Waals surface area contributed by atoms with Gasteiger partial charge in [-0.25, -0.2) is 4.99 Å². The molecular weight excluding hydrogens is 759 g/mol. The Morgan fingerprint density at radius 2 is 1.74 bits per heavy atom. The SMILES string of the molecule is Cc1cc(N=C2NC(=O)/C(=C/c3cc(Br)c(OCc4ccc(Br)cc4)c(I)c3)S2)cc(C)c1Br. The summed E-state index contributed by atoms with van der Waals surface area (Å²) in [5.41, 5.74) is 5.00. The molecule has 1 aliphatic rings. The predicted octanol–water partition coefficient (Wildman–Crippen LogP) is 8.67. The quantitative estimate of drug-likeness (QED) is 0.209. The van der Waals surface area contributed by atoms with E-state index in [1.807, 2.05) is 68.5 Å². The number of ether oxygens (including phenoxy) is 1. The molecule has 0 aromatic heterocycles. The van der Waals surface area contributed by atoms with Crippen molar-refractivity contribution in [1.82, 2.24) is 5.32 Å². The molecule has 0 atom stereocenters. The second-order valence-corrected chi connectivity index (χ2v) is 12.4. The van der Waals surface area contributed by atoms with Crippen molar-refractivity contribution in [3.8, 4) is 5.75 Å². The van der Waals surface area contributed by atoms with Crippen molar-refractivity contribution in [3.63, 3.8) is 0 Å². The molecule has 1 saturated heterocycles. The fourth-order valence-electron chi connectivity index (χ4n) is 3.27. The maximum Gasteiger partial charge on any atom is 0.264 e. The Morgan fingerprint density at radius 1 is 1.06 bits per heavy atom. The number of aliphatic imine (C=N–C) groups is 1. The average Bonchev–Trinajstić information content (AvgIpc) is 3.11. The van der Waals surface area contributed by atoms with Crippen molar-refractivity contribution >= 4 is 105 Å². The van der Waals surface area contributed by atoms with Gasteiger partial charge in [0.2, 0.25) is 0 Å². The predicted molar refractivity (Wildman–Crippen MR) is 160 cm³/mol. The van der Waals surface area contributed by atoms with Gasteiger partial charge in [-0.05, 0) is 129 Å². The second-order valence-electron chi connectivity index (χ2n) is 7.60. The van der Waals surface area contributed by atoms with Crippen LogP contribution in [0.3, 0.4) is 0 Å². The largest absolute Gasteiger partial charge is 0.487 e. The van der Waals surface area contributed by atoms with E-state index in [4.69, 9.17) is 4.74 Å². The van der Waals surface area contributed by atoms with Gasteiger partial charge >= 0.3 is 0 Å². The Labute approximate surface area is 241 Å². The Hall–Kier alpha value is -1.14. The zero-order valence-corrected chi connectivity index (χ0v) is 25.8. The molecule has 9 heteroatoms. The summed E-state index contributed by atoms with van der Waals surface area (Å²) in [4.78, 5) is 17.8. The molecule has 0 bridgehead atoms. The molecule has 1 heterocycles.